The number of imide groups is 1. The molecule has 28 heavy (non-hydrogen) atoms. The first-order valence-electron chi connectivity index (χ1n) is 9.08. The molecule has 9 heteroatoms. The van der Waals surface area contributed by atoms with Gasteiger partial charge in [-0.1, -0.05) is 12.2 Å². The summed E-state index contributed by atoms with van der Waals surface area (Å²) in [4.78, 5) is 36.1. The van der Waals surface area contributed by atoms with Crippen LogP contribution >= 0.6 is 0 Å². The Morgan fingerprint density at radius 2 is 1.82 bits per heavy atom. The first-order chi connectivity index (χ1) is 13.4. The number of nitro benzene ring substituents is 1. The third kappa shape index (κ3) is 2.15. The fourth-order valence-corrected chi connectivity index (χ4v) is 5.14. The Balaban J connectivity index is 1.47. The minimum atomic E-state index is -0.744. The maximum absolute atomic E-state index is 12.9. The topological polar surface area (TPSA) is 122 Å². The number of hydrogen-bond acceptors (Lipinski definition) is 7. The lowest BCUT2D eigenvalue weighted by Crippen LogP contribution is -2.40. The molecule has 2 saturated carbocycles. The number of hydrazone groups is 1. The Labute approximate surface area is 159 Å². The van der Waals surface area contributed by atoms with Crippen molar-refractivity contribution >= 4 is 23.7 Å². The van der Waals surface area contributed by atoms with Crippen molar-refractivity contribution in [3.8, 4) is 11.5 Å². The van der Waals surface area contributed by atoms with E-state index in [2.05, 4.69) is 17.3 Å². The lowest BCUT2D eigenvalue weighted by molar-refractivity contribution is -0.385. The van der Waals surface area contributed by atoms with Crippen molar-refractivity contribution in [3.63, 3.8) is 0 Å². The number of nitro groups is 1. The highest BCUT2D eigenvalue weighted by Gasteiger charge is 2.67. The van der Waals surface area contributed by atoms with Crippen molar-refractivity contribution in [2.45, 2.75) is 6.42 Å². The largest absolute Gasteiger partial charge is 0.502 e. The smallest absolute Gasteiger partial charge is 0.315 e. The van der Waals surface area contributed by atoms with Crippen molar-refractivity contribution in [1.29, 1.82) is 0 Å². The van der Waals surface area contributed by atoms with E-state index in [0.29, 0.717) is 11.8 Å². The van der Waals surface area contributed by atoms with Crippen molar-refractivity contribution in [2.24, 2.45) is 40.6 Å². The standard InChI is InChI=1S/C19H17N3O6/c1-28-9-4-8(17(23)14(5-9)22(26)27)7-20-21-18(24)15-10-2-3-11(13-6-12(10)13)16(15)19(21)25/h2-5,7,10-13,15-16,23H,6H2,1H3/b20-7-/t10-,11-,12-,13+,15-,16+/m0/s1. The Hall–Kier alpha value is -3.23. The number of phenolic OH excluding ortho intramolecular Hbond substituents is 1. The molecule has 6 rings (SSSR count). The molecule has 1 aromatic rings. The minimum Gasteiger partial charge on any atom is -0.502 e. The summed E-state index contributed by atoms with van der Waals surface area (Å²) in [7, 11) is 1.34. The molecule has 1 saturated heterocycles. The number of carbonyl (C=O) groups is 2. The van der Waals surface area contributed by atoms with Gasteiger partial charge in [0.25, 0.3) is 11.8 Å². The molecule has 0 aromatic heterocycles. The molecule has 0 spiro atoms. The molecule has 1 aromatic carbocycles. The van der Waals surface area contributed by atoms with Gasteiger partial charge in [-0.05, 0) is 36.2 Å². The SMILES string of the molecule is COc1cc(/C=N\N2C(=O)[C@@H]3[C@H]4C=C[C@@H]([C@@H]5C[C@H]45)[C@@H]3C2=O)c(O)c([N+](=O)[O-])c1. The first-order valence-corrected chi connectivity index (χ1v) is 9.08. The van der Waals surface area contributed by atoms with E-state index in [-0.39, 0.29) is 46.8 Å². The highest BCUT2D eigenvalue weighted by atomic mass is 16.6. The summed E-state index contributed by atoms with van der Waals surface area (Å²) < 4.78 is 5.01. The minimum absolute atomic E-state index is 0.00883. The monoisotopic (exact) mass is 383 g/mol. The fraction of sp³-hybridized carbons (Fsp3) is 0.421. The number of phenols is 1. The zero-order chi connectivity index (χ0) is 19.7. The van der Waals surface area contributed by atoms with E-state index in [4.69, 9.17) is 4.74 Å². The number of carbonyl (C=O) groups excluding carboxylic acids is 2. The maximum Gasteiger partial charge on any atom is 0.315 e. The van der Waals surface area contributed by atoms with Crippen LogP contribution in [0, 0.1) is 45.6 Å². The second-order valence-corrected chi connectivity index (χ2v) is 7.73. The quantitative estimate of drug-likeness (QED) is 0.278. The molecule has 0 unspecified atom stereocenters. The van der Waals surface area contributed by atoms with Crippen LogP contribution in [0.5, 0.6) is 11.5 Å². The number of allylic oxidation sites excluding steroid dienone is 2. The molecule has 3 fully saturated rings. The van der Waals surface area contributed by atoms with Gasteiger partial charge in [-0.2, -0.15) is 10.1 Å². The first kappa shape index (κ1) is 16.9. The zero-order valence-electron chi connectivity index (χ0n) is 14.9. The lowest BCUT2D eigenvalue weighted by Gasteiger charge is -2.37. The van der Waals surface area contributed by atoms with Gasteiger partial charge < -0.3 is 9.84 Å². The number of benzene rings is 1. The van der Waals surface area contributed by atoms with Crippen molar-refractivity contribution in [2.75, 3.05) is 7.11 Å². The Morgan fingerprint density at radius 1 is 1.21 bits per heavy atom. The molecule has 144 valence electrons. The number of ether oxygens (including phenoxy) is 1. The van der Waals surface area contributed by atoms with Gasteiger partial charge in [0.1, 0.15) is 5.75 Å². The normalized spacial score (nSPS) is 34.7. The average Bonchev–Trinajstić information content (AvgIpc) is 3.46. The van der Waals surface area contributed by atoms with Crippen LogP contribution in [0.1, 0.15) is 12.0 Å². The van der Waals surface area contributed by atoms with E-state index in [1.165, 1.54) is 13.2 Å². The molecule has 2 amide bonds. The molecular weight excluding hydrogens is 366 g/mol. The summed E-state index contributed by atoms with van der Waals surface area (Å²) in [5.41, 5.74) is -0.554. The summed E-state index contributed by atoms with van der Waals surface area (Å²) in [6, 6.07) is 2.44. The van der Waals surface area contributed by atoms with Crippen molar-refractivity contribution in [3.05, 3.63) is 40.0 Å². The maximum atomic E-state index is 12.9. The predicted molar refractivity (Wildman–Crippen MR) is 95.5 cm³/mol. The number of amides is 2. The van der Waals surface area contributed by atoms with Gasteiger partial charge in [0.15, 0.2) is 0 Å². The van der Waals surface area contributed by atoms with E-state index in [0.717, 1.165) is 23.7 Å². The Kier molecular flexibility index (Phi) is 3.40. The third-order valence-corrected chi connectivity index (χ3v) is 6.48. The van der Waals surface area contributed by atoms with Gasteiger partial charge in [-0.25, -0.2) is 0 Å². The Morgan fingerprint density at radius 3 is 2.36 bits per heavy atom. The van der Waals surface area contributed by atoms with Gasteiger partial charge >= 0.3 is 5.69 Å². The average molecular weight is 383 g/mol. The van der Waals surface area contributed by atoms with E-state index < -0.39 is 16.4 Å². The van der Waals surface area contributed by atoms with E-state index in [9.17, 15) is 24.8 Å². The van der Waals surface area contributed by atoms with Crippen LogP contribution in [0.15, 0.2) is 29.4 Å². The van der Waals surface area contributed by atoms with Crippen LogP contribution in [0.2, 0.25) is 0 Å². The lowest BCUT2D eigenvalue weighted by atomic mass is 9.63. The molecule has 2 bridgehead atoms. The van der Waals surface area contributed by atoms with E-state index in [1.54, 1.807) is 0 Å². The van der Waals surface area contributed by atoms with Gasteiger partial charge in [0.05, 0.1) is 36.1 Å². The summed E-state index contributed by atoms with van der Waals surface area (Å²) >= 11 is 0. The van der Waals surface area contributed by atoms with Gasteiger partial charge in [-0.3, -0.25) is 19.7 Å². The van der Waals surface area contributed by atoms with Gasteiger partial charge in [0, 0.05) is 5.56 Å². The highest BCUT2D eigenvalue weighted by Crippen LogP contribution is 2.65. The predicted octanol–water partition coefficient (Wildman–Crippen LogP) is 1.70. The summed E-state index contributed by atoms with van der Waals surface area (Å²) in [5.74, 6) is -0.737. The molecule has 4 aliphatic carbocycles. The van der Waals surface area contributed by atoms with Crippen LogP contribution in [-0.2, 0) is 9.59 Å². The number of aromatic hydroxyl groups is 1. The third-order valence-electron chi connectivity index (χ3n) is 6.48. The molecule has 5 aliphatic rings. The second kappa shape index (κ2) is 5.63. The molecule has 1 N–H and O–H groups in total. The summed E-state index contributed by atoms with van der Waals surface area (Å²) in [6.07, 6.45) is 6.29. The number of methoxy groups -OCH3 is 1. The van der Waals surface area contributed by atoms with Crippen LogP contribution in [-0.4, -0.2) is 40.2 Å². The molecule has 6 atom stereocenters. The van der Waals surface area contributed by atoms with Crippen LogP contribution in [0.3, 0.4) is 0 Å². The fourth-order valence-electron chi connectivity index (χ4n) is 5.14. The van der Waals surface area contributed by atoms with E-state index in [1.807, 2.05) is 0 Å². The van der Waals surface area contributed by atoms with Crippen LogP contribution in [0.4, 0.5) is 5.69 Å². The molecule has 0 radical (unpaired) electrons. The molecular formula is C19H17N3O6. The zero-order valence-corrected chi connectivity index (χ0v) is 14.9. The van der Waals surface area contributed by atoms with Crippen molar-refractivity contribution < 1.29 is 24.4 Å². The Bertz CT molecular complexity index is 950. The number of rotatable bonds is 4. The summed E-state index contributed by atoms with van der Waals surface area (Å²) in [5, 5.41) is 26.1. The molecule has 9 nitrogen and oxygen atoms in total. The van der Waals surface area contributed by atoms with Gasteiger partial charge in [0.2, 0.25) is 5.75 Å². The highest BCUT2D eigenvalue weighted by molar-refractivity contribution is 6.06. The van der Waals surface area contributed by atoms with E-state index >= 15 is 0 Å². The van der Waals surface area contributed by atoms with Crippen LogP contribution in [0.25, 0.3) is 0 Å². The van der Waals surface area contributed by atoms with Crippen molar-refractivity contribution in [1.82, 2.24) is 5.01 Å². The van der Waals surface area contributed by atoms with Gasteiger partial charge in [-0.15, -0.1) is 0 Å². The number of hydrogen-bond donors (Lipinski definition) is 1. The number of nitrogens with zero attached hydrogens (tertiary/aromatic N) is 3. The second-order valence-electron chi connectivity index (χ2n) is 7.73. The summed E-state index contributed by atoms with van der Waals surface area (Å²) in [6.45, 7) is 0. The molecule has 1 aliphatic heterocycles. The van der Waals surface area contributed by atoms with Crippen LogP contribution < -0.4 is 4.74 Å². The molecule has 1 heterocycles.